The molecule has 1 amide bonds. The van der Waals surface area contributed by atoms with Crippen molar-refractivity contribution in [3.8, 4) is 0 Å². The highest BCUT2D eigenvalue weighted by Gasteiger charge is 2.27. The van der Waals surface area contributed by atoms with E-state index in [1.54, 1.807) is 18.0 Å². The van der Waals surface area contributed by atoms with E-state index in [0.29, 0.717) is 6.54 Å². The lowest BCUT2D eigenvalue weighted by atomic mass is 10.1. The maximum Gasteiger partial charge on any atom is 0.239 e. The number of rotatable bonds is 5. The number of halogens is 1. The number of hydrogen-bond acceptors (Lipinski definition) is 3. The summed E-state index contributed by atoms with van der Waals surface area (Å²) in [4.78, 5) is 19.0. The molecule has 5 heteroatoms. The third kappa shape index (κ3) is 4.41. The van der Waals surface area contributed by atoms with Crippen LogP contribution in [0, 0.1) is 5.82 Å². The minimum atomic E-state index is -0.270. The number of likely N-dealkylation sites (N-methyl/N-ethyl adjacent to an activating group) is 1. The van der Waals surface area contributed by atoms with Crippen molar-refractivity contribution in [2.24, 2.45) is 0 Å². The molecule has 3 rings (SSSR count). The molecule has 138 valence electrons. The zero-order valence-electron chi connectivity index (χ0n) is 15.4. The zero-order valence-corrected chi connectivity index (χ0v) is 15.4. The summed E-state index contributed by atoms with van der Waals surface area (Å²) >= 11 is 0. The first-order chi connectivity index (χ1) is 12.5. The summed E-state index contributed by atoms with van der Waals surface area (Å²) in [5, 5.41) is 0. The highest BCUT2D eigenvalue weighted by Crippen LogP contribution is 2.17. The van der Waals surface area contributed by atoms with Gasteiger partial charge in [0.15, 0.2) is 0 Å². The molecule has 4 nitrogen and oxygen atoms in total. The largest absolute Gasteiger partial charge is 0.369 e. The summed E-state index contributed by atoms with van der Waals surface area (Å²) in [7, 11) is 1.78. The van der Waals surface area contributed by atoms with E-state index in [1.165, 1.54) is 17.8 Å². The fourth-order valence-electron chi connectivity index (χ4n) is 3.47. The summed E-state index contributed by atoms with van der Waals surface area (Å²) in [6.45, 7) is 5.92. The Labute approximate surface area is 154 Å². The van der Waals surface area contributed by atoms with E-state index < -0.39 is 0 Å². The summed E-state index contributed by atoms with van der Waals surface area (Å²) in [5.74, 6) is -0.198. The van der Waals surface area contributed by atoms with Gasteiger partial charge in [0.05, 0.1) is 6.04 Å². The summed E-state index contributed by atoms with van der Waals surface area (Å²) in [6, 6.07) is 16.6. The normalized spacial score (nSPS) is 16.3. The van der Waals surface area contributed by atoms with Crippen molar-refractivity contribution < 1.29 is 9.18 Å². The van der Waals surface area contributed by atoms with Gasteiger partial charge in [0, 0.05) is 45.5 Å². The van der Waals surface area contributed by atoms with Crippen molar-refractivity contribution >= 4 is 11.6 Å². The van der Waals surface area contributed by atoms with Crippen LogP contribution < -0.4 is 4.90 Å². The molecule has 0 saturated carbocycles. The molecule has 1 unspecified atom stereocenters. The monoisotopic (exact) mass is 355 g/mol. The minimum absolute atomic E-state index is 0.0717. The second-order valence-corrected chi connectivity index (χ2v) is 6.86. The van der Waals surface area contributed by atoms with Crippen LogP contribution in [0.4, 0.5) is 10.1 Å². The summed E-state index contributed by atoms with van der Waals surface area (Å²) in [6.07, 6.45) is 0. The van der Waals surface area contributed by atoms with Crippen LogP contribution in [0.1, 0.15) is 12.5 Å². The topological polar surface area (TPSA) is 26.8 Å². The molecule has 0 N–H and O–H groups in total. The first-order valence-electron chi connectivity index (χ1n) is 9.08. The lowest BCUT2D eigenvalue weighted by Gasteiger charge is -2.39. The van der Waals surface area contributed by atoms with Gasteiger partial charge in [-0.3, -0.25) is 9.69 Å². The number of nitrogens with zero attached hydrogens (tertiary/aromatic N) is 3. The van der Waals surface area contributed by atoms with Crippen LogP contribution >= 0.6 is 0 Å². The summed E-state index contributed by atoms with van der Waals surface area (Å²) < 4.78 is 13.3. The van der Waals surface area contributed by atoms with Gasteiger partial charge in [-0.15, -0.1) is 0 Å². The number of hydrogen-bond donors (Lipinski definition) is 0. The molecule has 1 aliphatic heterocycles. The number of carbonyl (C=O) groups excluding carboxylic acids is 1. The molecule has 1 aliphatic rings. The molecule has 1 saturated heterocycles. The SMILES string of the molecule is CC(C(=O)N(C)Cc1cccc(F)c1)N1CCN(c2ccccc2)CC1. The minimum Gasteiger partial charge on any atom is -0.369 e. The van der Waals surface area contributed by atoms with Crippen molar-refractivity contribution in [2.75, 3.05) is 38.1 Å². The predicted octanol–water partition coefficient (Wildman–Crippen LogP) is 2.99. The van der Waals surface area contributed by atoms with Gasteiger partial charge in [0.2, 0.25) is 5.91 Å². The Balaban J connectivity index is 1.54. The van der Waals surface area contributed by atoms with E-state index in [4.69, 9.17) is 0 Å². The van der Waals surface area contributed by atoms with Crippen molar-refractivity contribution in [1.29, 1.82) is 0 Å². The first kappa shape index (κ1) is 18.4. The van der Waals surface area contributed by atoms with E-state index in [1.807, 2.05) is 19.1 Å². The molecule has 26 heavy (non-hydrogen) atoms. The third-order valence-electron chi connectivity index (χ3n) is 5.03. The molecule has 1 fully saturated rings. The fourth-order valence-corrected chi connectivity index (χ4v) is 3.47. The number of anilines is 1. The Kier molecular flexibility index (Phi) is 5.89. The van der Waals surface area contributed by atoms with Gasteiger partial charge in [-0.25, -0.2) is 4.39 Å². The van der Waals surface area contributed by atoms with Crippen LogP contribution in [0.3, 0.4) is 0 Å². The van der Waals surface area contributed by atoms with Crippen molar-refractivity contribution in [3.05, 3.63) is 66.0 Å². The maximum absolute atomic E-state index is 13.3. The average Bonchev–Trinajstić information content (AvgIpc) is 2.67. The Hall–Kier alpha value is -2.40. The van der Waals surface area contributed by atoms with Crippen molar-refractivity contribution in [2.45, 2.75) is 19.5 Å². The Bertz CT molecular complexity index is 729. The Morgan fingerprint density at radius 2 is 1.77 bits per heavy atom. The lowest BCUT2D eigenvalue weighted by Crippen LogP contribution is -2.54. The zero-order chi connectivity index (χ0) is 18.5. The quantitative estimate of drug-likeness (QED) is 0.825. The van der Waals surface area contributed by atoms with Gasteiger partial charge in [-0.05, 0) is 36.8 Å². The molecule has 0 bridgehead atoms. The number of piperazine rings is 1. The lowest BCUT2D eigenvalue weighted by molar-refractivity contribution is -0.135. The van der Waals surface area contributed by atoms with Crippen LogP contribution in [0.15, 0.2) is 54.6 Å². The highest BCUT2D eigenvalue weighted by atomic mass is 19.1. The second-order valence-electron chi connectivity index (χ2n) is 6.86. The van der Waals surface area contributed by atoms with E-state index >= 15 is 0 Å². The van der Waals surface area contributed by atoms with Gasteiger partial charge < -0.3 is 9.80 Å². The second kappa shape index (κ2) is 8.32. The van der Waals surface area contributed by atoms with E-state index in [2.05, 4.69) is 34.1 Å². The molecule has 1 atom stereocenters. The fraction of sp³-hybridized carbons (Fsp3) is 0.381. The molecule has 0 aliphatic carbocycles. The number of para-hydroxylation sites is 1. The van der Waals surface area contributed by atoms with Gasteiger partial charge >= 0.3 is 0 Å². The third-order valence-corrected chi connectivity index (χ3v) is 5.03. The molecule has 1 heterocycles. The summed E-state index contributed by atoms with van der Waals surface area (Å²) in [5.41, 5.74) is 2.04. The molecule has 0 radical (unpaired) electrons. The highest BCUT2D eigenvalue weighted by molar-refractivity contribution is 5.81. The number of benzene rings is 2. The predicted molar refractivity (Wildman–Crippen MR) is 103 cm³/mol. The molecule has 2 aromatic rings. The smallest absolute Gasteiger partial charge is 0.239 e. The average molecular weight is 355 g/mol. The standard InChI is InChI=1S/C21H26FN3O/c1-17(21(26)23(2)16-18-7-6-8-19(22)15-18)24-11-13-25(14-12-24)20-9-4-3-5-10-20/h3-10,15,17H,11-14,16H2,1-2H3. The van der Waals surface area contributed by atoms with Gasteiger partial charge in [-0.1, -0.05) is 30.3 Å². The van der Waals surface area contributed by atoms with Crippen molar-refractivity contribution in [1.82, 2.24) is 9.80 Å². The Morgan fingerprint density at radius 3 is 2.42 bits per heavy atom. The molecular formula is C21H26FN3O. The first-order valence-corrected chi connectivity index (χ1v) is 9.08. The molecular weight excluding hydrogens is 329 g/mol. The maximum atomic E-state index is 13.3. The van der Waals surface area contributed by atoms with Crippen LogP contribution in [0.25, 0.3) is 0 Å². The van der Waals surface area contributed by atoms with Crippen molar-refractivity contribution in [3.63, 3.8) is 0 Å². The van der Waals surface area contributed by atoms with Crippen LogP contribution in [-0.4, -0.2) is 55.0 Å². The van der Waals surface area contributed by atoms with Crippen LogP contribution in [0.2, 0.25) is 0 Å². The van der Waals surface area contributed by atoms with Gasteiger partial charge in [0.25, 0.3) is 0 Å². The molecule has 0 spiro atoms. The van der Waals surface area contributed by atoms with Crippen LogP contribution in [0.5, 0.6) is 0 Å². The van der Waals surface area contributed by atoms with E-state index in [0.717, 1.165) is 31.7 Å². The van der Waals surface area contributed by atoms with E-state index in [9.17, 15) is 9.18 Å². The Morgan fingerprint density at radius 1 is 1.08 bits per heavy atom. The van der Waals surface area contributed by atoms with Crippen LogP contribution in [-0.2, 0) is 11.3 Å². The molecule has 0 aromatic heterocycles. The van der Waals surface area contributed by atoms with Gasteiger partial charge in [0.1, 0.15) is 5.82 Å². The number of amides is 1. The number of carbonyl (C=O) groups is 1. The molecule has 2 aromatic carbocycles. The van der Waals surface area contributed by atoms with Gasteiger partial charge in [-0.2, -0.15) is 0 Å². The van der Waals surface area contributed by atoms with E-state index in [-0.39, 0.29) is 17.8 Å².